The Morgan fingerprint density at radius 2 is 1.00 bits per heavy atom. The summed E-state index contributed by atoms with van der Waals surface area (Å²) in [5.74, 6) is 0. The zero-order valence-corrected chi connectivity index (χ0v) is 34.1. The number of furan rings is 1. The zero-order chi connectivity index (χ0) is 40.7. The second-order valence-corrected chi connectivity index (χ2v) is 16.9. The predicted molar refractivity (Wildman–Crippen MR) is 257 cm³/mol. The molecule has 0 saturated heterocycles. The molecule has 2 nitrogen and oxygen atoms in total. The molecule has 0 unspecified atom stereocenters. The van der Waals surface area contributed by atoms with E-state index in [2.05, 4.69) is 231 Å². The highest BCUT2D eigenvalue weighted by Crippen LogP contribution is 2.53. The fourth-order valence-corrected chi connectivity index (χ4v) is 10.0. The summed E-state index contributed by atoms with van der Waals surface area (Å²) in [4.78, 5) is 2.50. The largest absolute Gasteiger partial charge is 0.456 e. The van der Waals surface area contributed by atoms with Crippen LogP contribution in [-0.4, -0.2) is 0 Å². The molecule has 288 valence electrons. The minimum atomic E-state index is -0.179. The van der Waals surface area contributed by atoms with Gasteiger partial charge in [-0.25, -0.2) is 0 Å². The van der Waals surface area contributed by atoms with Gasteiger partial charge in [-0.05, 0) is 126 Å². The molecular formula is C59H41NO. The average Bonchev–Trinajstić information content (AvgIpc) is 3.81. The Morgan fingerprint density at radius 1 is 0.377 bits per heavy atom. The Bertz CT molecular complexity index is 3450. The SMILES string of the molecule is CC1(C)c2ccccc2-c2ccc(N(c3cc(-c4ccccc4)cc(-c4ccccc4)c3)c3ccc4oc5ccccc5c4c3-c3ccc4ccc5ccccc5c4c3)cc21. The summed E-state index contributed by atoms with van der Waals surface area (Å²) >= 11 is 0. The van der Waals surface area contributed by atoms with E-state index in [4.69, 9.17) is 4.42 Å². The fraction of sp³-hybridized carbons (Fsp3) is 0.0508. The summed E-state index contributed by atoms with van der Waals surface area (Å²) < 4.78 is 6.68. The molecule has 0 fully saturated rings. The van der Waals surface area contributed by atoms with Crippen molar-refractivity contribution in [3.05, 3.63) is 223 Å². The lowest BCUT2D eigenvalue weighted by atomic mass is 9.82. The third-order valence-electron chi connectivity index (χ3n) is 13.0. The number of benzene rings is 10. The highest BCUT2D eigenvalue weighted by Gasteiger charge is 2.36. The van der Waals surface area contributed by atoms with Crippen molar-refractivity contribution in [2.45, 2.75) is 19.3 Å². The van der Waals surface area contributed by atoms with Crippen LogP contribution in [0.5, 0.6) is 0 Å². The summed E-state index contributed by atoms with van der Waals surface area (Å²) in [6.45, 7) is 4.73. The van der Waals surface area contributed by atoms with Crippen molar-refractivity contribution in [2.24, 2.45) is 0 Å². The van der Waals surface area contributed by atoms with E-state index in [1.54, 1.807) is 0 Å². The van der Waals surface area contributed by atoms with Gasteiger partial charge in [-0.2, -0.15) is 0 Å². The number of fused-ring (bicyclic) bond motifs is 9. The summed E-state index contributed by atoms with van der Waals surface area (Å²) in [5, 5.41) is 7.12. The van der Waals surface area contributed by atoms with Gasteiger partial charge in [0, 0.05) is 33.1 Å². The number of hydrogen-bond donors (Lipinski definition) is 0. The molecule has 0 atom stereocenters. The molecule has 61 heavy (non-hydrogen) atoms. The van der Waals surface area contributed by atoms with E-state index in [0.717, 1.165) is 61.3 Å². The van der Waals surface area contributed by atoms with Crippen LogP contribution in [0.4, 0.5) is 17.1 Å². The van der Waals surface area contributed by atoms with Gasteiger partial charge < -0.3 is 9.32 Å². The molecule has 10 aromatic carbocycles. The number of anilines is 3. The first-order chi connectivity index (χ1) is 30.0. The van der Waals surface area contributed by atoms with Crippen molar-refractivity contribution < 1.29 is 4.42 Å². The van der Waals surface area contributed by atoms with Crippen LogP contribution in [-0.2, 0) is 5.41 Å². The van der Waals surface area contributed by atoms with Crippen LogP contribution in [0.3, 0.4) is 0 Å². The van der Waals surface area contributed by atoms with Crippen molar-refractivity contribution in [1.82, 2.24) is 0 Å². The minimum absolute atomic E-state index is 0.179. The first kappa shape index (κ1) is 35.3. The topological polar surface area (TPSA) is 16.4 Å². The normalized spacial score (nSPS) is 12.9. The molecule has 0 bridgehead atoms. The van der Waals surface area contributed by atoms with Gasteiger partial charge in [0.15, 0.2) is 0 Å². The Morgan fingerprint density at radius 3 is 1.77 bits per heavy atom. The lowest BCUT2D eigenvalue weighted by Gasteiger charge is -2.31. The Labute approximate surface area is 355 Å². The Kier molecular flexibility index (Phi) is 7.92. The van der Waals surface area contributed by atoms with Crippen LogP contribution in [0, 0.1) is 0 Å². The van der Waals surface area contributed by atoms with E-state index in [1.165, 1.54) is 54.9 Å². The molecule has 0 amide bonds. The lowest BCUT2D eigenvalue weighted by Crippen LogP contribution is -2.17. The summed E-state index contributed by atoms with van der Waals surface area (Å²) in [6, 6.07) is 77.7. The fourth-order valence-electron chi connectivity index (χ4n) is 10.0. The maximum Gasteiger partial charge on any atom is 0.136 e. The van der Waals surface area contributed by atoms with Gasteiger partial charge >= 0.3 is 0 Å². The van der Waals surface area contributed by atoms with E-state index in [0.29, 0.717) is 0 Å². The molecule has 0 radical (unpaired) electrons. The van der Waals surface area contributed by atoms with Crippen LogP contribution >= 0.6 is 0 Å². The quantitative estimate of drug-likeness (QED) is 0.156. The third-order valence-corrected chi connectivity index (χ3v) is 13.0. The van der Waals surface area contributed by atoms with Crippen LogP contribution in [0.2, 0.25) is 0 Å². The van der Waals surface area contributed by atoms with E-state index < -0.39 is 0 Å². The standard InChI is InChI=1S/C59H41NO/c1-59(2)52-23-13-11-21-48(52)49-30-29-45(37-53(49)59)60(46-34-43(38-15-5-3-6-16-38)33-44(35-46)39-17-7-4-8-18-39)54-31-32-56-58(50-22-12-14-24-55(50)61-56)57(54)42-28-27-41-26-25-40-19-9-10-20-47(40)51(41)36-42/h3-37H,1-2H3. The van der Waals surface area contributed by atoms with Gasteiger partial charge in [-0.1, -0.05) is 172 Å². The number of nitrogens with zero attached hydrogens (tertiary/aromatic N) is 1. The molecule has 1 heterocycles. The molecule has 1 aromatic heterocycles. The first-order valence-electron chi connectivity index (χ1n) is 21.2. The lowest BCUT2D eigenvalue weighted by molar-refractivity contribution is 0.660. The number of hydrogen-bond acceptors (Lipinski definition) is 2. The van der Waals surface area contributed by atoms with Crippen LogP contribution in [0.1, 0.15) is 25.0 Å². The zero-order valence-electron chi connectivity index (χ0n) is 34.1. The molecule has 12 rings (SSSR count). The van der Waals surface area contributed by atoms with Crippen LogP contribution < -0.4 is 4.90 Å². The van der Waals surface area contributed by atoms with Crippen molar-refractivity contribution in [1.29, 1.82) is 0 Å². The van der Waals surface area contributed by atoms with Gasteiger partial charge in [0.1, 0.15) is 11.2 Å². The maximum atomic E-state index is 6.68. The summed E-state index contributed by atoms with van der Waals surface area (Å²) in [5.41, 5.74) is 17.0. The van der Waals surface area contributed by atoms with E-state index in [1.807, 2.05) is 0 Å². The van der Waals surface area contributed by atoms with E-state index in [-0.39, 0.29) is 5.41 Å². The van der Waals surface area contributed by atoms with Gasteiger partial charge in [0.2, 0.25) is 0 Å². The summed E-state index contributed by atoms with van der Waals surface area (Å²) in [7, 11) is 0. The first-order valence-corrected chi connectivity index (χ1v) is 21.2. The van der Waals surface area contributed by atoms with Crippen LogP contribution in [0.15, 0.2) is 217 Å². The Hall–Kier alpha value is -7.68. The van der Waals surface area contributed by atoms with Crippen molar-refractivity contribution in [3.8, 4) is 44.5 Å². The molecular weight excluding hydrogens is 739 g/mol. The highest BCUT2D eigenvalue weighted by molar-refractivity contribution is 6.18. The second kappa shape index (κ2) is 13.7. The number of para-hydroxylation sites is 1. The van der Waals surface area contributed by atoms with Gasteiger partial charge in [-0.3, -0.25) is 0 Å². The average molecular weight is 780 g/mol. The van der Waals surface area contributed by atoms with Gasteiger partial charge in [0.05, 0.1) is 5.69 Å². The molecule has 0 aliphatic heterocycles. The van der Waals surface area contributed by atoms with Gasteiger partial charge in [-0.15, -0.1) is 0 Å². The molecule has 0 saturated carbocycles. The molecule has 0 spiro atoms. The van der Waals surface area contributed by atoms with Crippen molar-refractivity contribution in [3.63, 3.8) is 0 Å². The van der Waals surface area contributed by atoms with Gasteiger partial charge in [0.25, 0.3) is 0 Å². The molecule has 0 N–H and O–H groups in total. The van der Waals surface area contributed by atoms with Crippen molar-refractivity contribution >= 4 is 60.5 Å². The number of rotatable bonds is 6. The molecule has 1 aliphatic rings. The molecule has 2 heteroatoms. The van der Waals surface area contributed by atoms with Crippen molar-refractivity contribution in [2.75, 3.05) is 4.90 Å². The van der Waals surface area contributed by atoms with Crippen LogP contribution in [0.25, 0.3) is 88.0 Å². The Balaban J connectivity index is 1.20. The molecule has 11 aromatic rings. The predicted octanol–water partition coefficient (Wildman–Crippen LogP) is 16.7. The monoisotopic (exact) mass is 779 g/mol. The summed E-state index contributed by atoms with van der Waals surface area (Å²) in [6.07, 6.45) is 0. The third kappa shape index (κ3) is 5.64. The molecule has 1 aliphatic carbocycles. The minimum Gasteiger partial charge on any atom is -0.456 e. The smallest absolute Gasteiger partial charge is 0.136 e. The van der Waals surface area contributed by atoms with E-state index in [9.17, 15) is 0 Å². The highest BCUT2D eigenvalue weighted by atomic mass is 16.3. The maximum absolute atomic E-state index is 6.68. The second-order valence-electron chi connectivity index (χ2n) is 16.9. The van der Waals surface area contributed by atoms with E-state index >= 15 is 0 Å².